The van der Waals surface area contributed by atoms with Gasteiger partial charge in [-0.05, 0) is 12.8 Å². The molecule has 0 aromatic carbocycles. The predicted octanol–water partition coefficient (Wildman–Crippen LogP) is 1.42. The molecule has 0 aromatic rings. The molecule has 0 bridgehead atoms. The van der Waals surface area contributed by atoms with Gasteiger partial charge in [0.1, 0.15) is 0 Å². The van der Waals surface area contributed by atoms with Gasteiger partial charge in [0.2, 0.25) is 0 Å². The molecule has 1 saturated carbocycles. The van der Waals surface area contributed by atoms with E-state index in [1.165, 1.54) is 7.11 Å². The van der Waals surface area contributed by atoms with Crippen molar-refractivity contribution in [2.75, 3.05) is 7.11 Å². The first-order valence-corrected chi connectivity index (χ1v) is 4.66. The topological polar surface area (TPSA) is 26.3 Å². The van der Waals surface area contributed by atoms with Crippen molar-refractivity contribution in [1.82, 2.24) is 0 Å². The molecule has 0 heterocycles. The fraction of sp³-hybridized carbons (Fsp3) is 0.667. The highest BCUT2D eigenvalue weighted by molar-refractivity contribution is 7.81. The van der Waals surface area contributed by atoms with E-state index in [0.717, 1.165) is 12.8 Å². The van der Waals surface area contributed by atoms with Crippen LogP contribution in [0, 0.1) is 11.3 Å². The summed E-state index contributed by atoms with van der Waals surface area (Å²) >= 11 is 4.43. The van der Waals surface area contributed by atoms with Crippen molar-refractivity contribution in [2.45, 2.75) is 18.1 Å². The zero-order valence-corrected chi connectivity index (χ0v) is 7.88. The molecule has 66 valence electrons. The van der Waals surface area contributed by atoms with E-state index in [0.29, 0.717) is 0 Å². The minimum absolute atomic E-state index is 0.0370. The zero-order chi connectivity index (χ0) is 8.77. The normalized spacial score (nSPS) is 35.5. The fourth-order valence-electron chi connectivity index (χ4n) is 1.97. The Morgan fingerprint density at radius 3 is 2.75 bits per heavy atom. The van der Waals surface area contributed by atoms with Crippen LogP contribution in [-0.4, -0.2) is 18.3 Å². The molecule has 0 aromatic heterocycles. The Morgan fingerprint density at radius 1 is 1.58 bits per heavy atom. The van der Waals surface area contributed by atoms with Crippen molar-refractivity contribution < 1.29 is 9.53 Å². The smallest absolute Gasteiger partial charge is 0.313 e. The van der Waals surface area contributed by atoms with E-state index in [2.05, 4.69) is 12.6 Å². The minimum atomic E-state index is -0.111. The van der Waals surface area contributed by atoms with Crippen LogP contribution in [0.3, 0.4) is 0 Å². The summed E-state index contributed by atoms with van der Waals surface area (Å²) in [5, 5.41) is 0.251. The highest BCUT2D eigenvalue weighted by atomic mass is 32.1. The maximum Gasteiger partial charge on any atom is 0.313 e. The van der Waals surface area contributed by atoms with E-state index in [4.69, 9.17) is 4.74 Å². The molecule has 2 atom stereocenters. The van der Waals surface area contributed by atoms with Crippen molar-refractivity contribution in [3.05, 3.63) is 12.2 Å². The van der Waals surface area contributed by atoms with E-state index >= 15 is 0 Å². The monoisotopic (exact) mass is 184 g/mol. The number of ether oxygens (including phenoxy) is 1. The standard InChI is InChI=1S/C9H12O2S/c1-11-8(10)6-2-3-7(12)9(6)4-5-9/h2-3,6-7,12H,4-5H2,1H3/t6-,7-/m0/s1. The summed E-state index contributed by atoms with van der Waals surface area (Å²) in [6.07, 6.45) is 6.16. The van der Waals surface area contributed by atoms with Crippen LogP contribution in [0.1, 0.15) is 12.8 Å². The summed E-state index contributed by atoms with van der Waals surface area (Å²) in [6, 6.07) is 0. The lowest BCUT2D eigenvalue weighted by Crippen LogP contribution is -2.25. The zero-order valence-electron chi connectivity index (χ0n) is 6.99. The lowest BCUT2D eigenvalue weighted by Gasteiger charge is -2.18. The number of esters is 1. The molecular formula is C9H12O2S. The number of methoxy groups -OCH3 is 1. The van der Waals surface area contributed by atoms with Crippen LogP contribution < -0.4 is 0 Å². The van der Waals surface area contributed by atoms with Crippen LogP contribution in [0.4, 0.5) is 0 Å². The van der Waals surface area contributed by atoms with Crippen LogP contribution in [0.25, 0.3) is 0 Å². The summed E-state index contributed by atoms with van der Waals surface area (Å²) in [4.78, 5) is 11.3. The molecule has 0 radical (unpaired) electrons. The van der Waals surface area contributed by atoms with Gasteiger partial charge in [0, 0.05) is 10.7 Å². The van der Waals surface area contributed by atoms with Crippen LogP contribution in [0.2, 0.25) is 0 Å². The van der Waals surface area contributed by atoms with Gasteiger partial charge in [-0.3, -0.25) is 4.79 Å². The van der Waals surface area contributed by atoms with E-state index < -0.39 is 0 Å². The first-order valence-electron chi connectivity index (χ1n) is 4.15. The molecule has 12 heavy (non-hydrogen) atoms. The number of carbonyl (C=O) groups is 1. The average molecular weight is 184 g/mol. The van der Waals surface area contributed by atoms with Gasteiger partial charge in [0.25, 0.3) is 0 Å². The highest BCUT2D eigenvalue weighted by Gasteiger charge is 2.57. The molecule has 2 aliphatic rings. The molecule has 1 spiro atoms. The second-order valence-electron chi connectivity index (χ2n) is 3.56. The third-order valence-electron chi connectivity index (χ3n) is 2.98. The van der Waals surface area contributed by atoms with Gasteiger partial charge >= 0.3 is 5.97 Å². The molecule has 0 N–H and O–H groups in total. The number of hydrogen-bond donors (Lipinski definition) is 1. The van der Waals surface area contributed by atoms with E-state index in [-0.39, 0.29) is 22.6 Å². The van der Waals surface area contributed by atoms with Gasteiger partial charge < -0.3 is 4.74 Å². The molecule has 2 rings (SSSR count). The van der Waals surface area contributed by atoms with Gasteiger partial charge in [-0.2, -0.15) is 12.6 Å². The third-order valence-corrected chi connectivity index (χ3v) is 3.66. The van der Waals surface area contributed by atoms with Crippen LogP contribution >= 0.6 is 12.6 Å². The Bertz CT molecular complexity index is 243. The first kappa shape index (κ1) is 8.17. The molecule has 1 fully saturated rings. The fourth-order valence-corrected chi connectivity index (χ4v) is 2.49. The Kier molecular flexibility index (Phi) is 1.72. The number of carbonyl (C=O) groups excluding carboxylic acids is 1. The Morgan fingerprint density at radius 2 is 2.25 bits per heavy atom. The number of hydrogen-bond acceptors (Lipinski definition) is 3. The van der Waals surface area contributed by atoms with Gasteiger partial charge in [0.15, 0.2) is 0 Å². The van der Waals surface area contributed by atoms with Crippen LogP contribution in [0.15, 0.2) is 12.2 Å². The predicted molar refractivity (Wildman–Crippen MR) is 49.1 cm³/mol. The van der Waals surface area contributed by atoms with Crippen molar-refractivity contribution in [1.29, 1.82) is 0 Å². The van der Waals surface area contributed by atoms with E-state index in [1.807, 2.05) is 12.2 Å². The molecular weight excluding hydrogens is 172 g/mol. The van der Waals surface area contributed by atoms with E-state index in [9.17, 15) is 4.79 Å². The summed E-state index contributed by atoms with van der Waals surface area (Å²) in [5.41, 5.74) is 0.121. The second kappa shape index (κ2) is 2.52. The summed E-state index contributed by atoms with van der Waals surface area (Å²) in [7, 11) is 1.44. The molecule has 0 unspecified atom stereocenters. The summed E-state index contributed by atoms with van der Waals surface area (Å²) in [5.74, 6) is -0.148. The minimum Gasteiger partial charge on any atom is -0.469 e. The number of thiol groups is 1. The average Bonchev–Trinajstić information content (AvgIpc) is 2.78. The Balaban J connectivity index is 2.18. The Labute approximate surface area is 77.4 Å². The quantitative estimate of drug-likeness (QED) is 0.379. The Hall–Kier alpha value is -0.440. The first-order chi connectivity index (χ1) is 5.70. The molecule has 0 amide bonds. The van der Waals surface area contributed by atoms with Crippen molar-refractivity contribution in [3.63, 3.8) is 0 Å². The molecule has 0 aliphatic heterocycles. The van der Waals surface area contributed by atoms with E-state index in [1.54, 1.807) is 0 Å². The van der Waals surface area contributed by atoms with Crippen molar-refractivity contribution in [2.24, 2.45) is 11.3 Å². The summed E-state index contributed by atoms with van der Waals surface area (Å²) in [6.45, 7) is 0. The molecule has 2 aliphatic carbocycles. The second-order valence-corrected chi connectivity index (χ2v) is 4.12. The molecule has 2 nitrogen and oxygen atoms in total. The third kappa shape index (κ3) is 0.922. The highest BCUT2D eigenvalue weighted by Crippen LogP contribution is 2.60. The summed E-state index contributed by atoms with van der Waals surface area (Å²) < 4.78 is 4.73. The van der Waals surface area contributed by atoms with Gasteiger partial charge in [-0.25, -0.2) is 0 Å². The SMILES string of the molecule is COC(=O)[C@@H]1C=C[C@H](S)C12CC2. The van der Waals surface area contributed by atoms with Crippen molar-refractivity contribution in [3.8, 4) is 0 Å². The maximum atomic E-state index is 11.3. The lowest BCUT2D eigenvalue weighted by atomic mass is 9.92. The lowest BCUT2D eigenvalue weighted by molar-refractivity contribution is -0.145. The van der Waals surface area contributed by atoms with Crippen LogP contribution in [0.5, 0.6) is 0 Å². The van der Waals surface area contributed by atoms with Gasteiger partial charge in [-0.15, -0.1) is 0 Å². The van der Waals surface area contributed by atoms with Gasteiger partial charge in [0.05, 0.1) is 13.0 Å². The molecule has 3 heteroatoms. The number of rotatable bonds is 1. The maximum absolute atomic E-state index is 11.3. The molecule has 0 saturated heterocycles. The largest absolute Gasteiger partial charge is 0.469 e. The van der Waals surface area contributed by atoms with Crippen molar-refractivity contribution >= 4 is 18.6 Å². The van der Waals surface area contributed by atoms with Gasteiger partial charge in [-0.1, -0.05) is 12.2 Å². The van der Waals surface area contributed by atoms with Crippen LogP contribution in [-0.2, 0) is 9.53 Å².